The maximum absolute atomic E-state index is 13.9. The van der Waals surface area contributed by atoms with Crippen molar-refractivity contribution in [1.29, 1.82) is 0 Å². The summed E-state index contributed by atoms with van der Waals surface area (Å²) < 4.78 is 6.02. The molecule has 5 rings (SSSR count). The summed E-state index contributed by atoms with van der Waals surface area (Å²) in [5.41, 5.74) is 6.67. The molecule has 188 valence electrons. The monoisotopic (exact) mass is 500 g/mol. The number of hydrogen-bond acceptors (Lipinski definition) is 4. The highest BCUT2D eigenvalue weighted by Gasteiger charge is 2.28. The van der Waals surface area contributed by atoms with Gasteiger partial charge in [0, 0.05) is 22.2 Å². The summed E-state index contributed by atoms with van der Waals surface area (Å²) in [6, 6.07) is 32.1. The summed E-state index contributed by atoms with van der Waals surface area (Å²) in [6.07, 6.45) is -1.14. The van der Waals surface area contributed by atoms with Crippen molar-refractivity contribution in [2.75, 3.05) is 5.32 Å². The van der Waals surface area contributed by atoms with Crippen LogP contribution in [-0.2, 0) is 9.53 Å². The predicted molar refractivity (Wildman–Crippen MR) is 151 cm³/mol. The van der Waals surface area contributed by atoms with E-state index in [0.717, 1.165) is 16.7 Å². The molecule has 5 heteroatoms. The maximum atomic E-state index is 13.9. The predicted octanol–water partition coefficient (Wildman–Crippen LogP) is 7.36. The minimum absolute atomic E-state index is 0.398. The standard InChI is InChI=1S/C33H28N2O3/c1-21-18-22(2)20-26(19-21)34-32(36)31(25-14-8-5-9-15-25)38-33(37)29-23(3)30(24-12-6-4-7-13-24)35-28-17-11-10-16-27(28)29/h4-20,31H,1-3H3,(H,34,36). The molecule has 0 aliphatic carbocycles. The fourth-order valence-corrected chi connectivity index (χ4v) is 4.77. The lowest BCUT2D eigenvalue weighted by molar-refractivity contribution is -0.125. The van der Waals surface area contributed by atoms with Gasteiger partial charge in [-0.25, -0.2) is 9.78 Å². The molecule has 1 atom stereocenters. The van der Waals surface area contributed by atoms with E-state index in [1.807, 2.05) is 112 Å². The van der Waals surface area contributed by atoms with Crippen molar-refractivity contribution in [3.63, 3.8) is 0 Å². The van der Waals surface area contributed by atoms with Gasteiger partial charge < -0.3 is 10.1 Å². The first-order chi connectivity index (χ1) is 18.4. The highest BCUT2D eigenvalue weighted by Crippen LogP contribution is 2.32. The number of benzene rings is 4. The Hall–Kier alpha value is -4.77. The second-order valence-electron chi connectivity index (χ2n) is 9.41. The van der Waals surface area contributed by atoms with Crippen molar-refractivity contribution >= 4 is 28.5 Å². The van der Waals surface area contributed by atoms with Gasteiger partial charge in [0.05, 0.1) is 16.8 Å². The quantitative estimate of drug-likeness (QED) is 0.247. The van der Waals surface area contributed by atoms with E-state index in [-0.39, 0.29) is 0 Å². The van der Waals surface area contributed by atoms with Crippen LogP contribution in [0, 0.1) is 20.8 Å². The molecule has 5 aromatic rings. The van der Waals surface area contributed by atoms with Crippen LogP contribution < -0.4 is 5.32 Å². The maximum Gasteiger partial charge on any atom is 0.340 e. The average molecular weight is 501 g/mol. The van der Waals surface area contributed by atoms with Crippen LogP contribution in [0.1, 0.15) is 38.7 Å². The molecule has 4 aromatic carbocycles. The molecule has 0 bridgehead atoms. The molecule has 1 aromatic heterocycles. The number of anilines is 1. The van der Waals surface area contributed by atoms with Crippen molar-refractivity contribution < 1.29 is 14.3 Å². The lowest BCUT2D eigenvalue weighted by atomic mass is 9.97. The largest absolute Gasteiger partial charge is 0.444 e. The minimum atomic E-state index is -1.14. The Morgan fingerprint density at radius 1 is 0.763 bits per heavy atom. The highest BCUT2D eigenvalue weighted by atomic mass is 16.5. The zero-order chi connectivity index (χ0) is 26.6. The van der Waals surface area contributed by atoms with Gasteiger partial charge in [-0.1, -0.05) is 84.9 Å². The van der Waals surface area contributed by atoms with Gasteiger partial charge in [-0.2, -0.15) is 0 Å². The topological polar surface area (TPSA) is 68.3 Å². The second-order valence-corrected chi connectivity index (χ2v) is 9.41. The highest BCUT2D eigenvalue weighted by molar-refractivity contribution is 6.07. The number of ether oxygens (including phenoxy) is 1. The van der Waals surface area contributed by atoms with Gasteiger partial charge in [0.15, 0.2) is 0 Å². The van der Waals surface area contributed by atoms with Crippen LogP contribution in [0.5, 0.6) is 0 Å². The van der Waals surface area contributed by atoms with Crippen molar-refractivity contribution in [2.45, 2.75) is 26.9 Å². The molecule has 1 amide bonds. The van der Waals surface area contributed by atoms with Crippen LogP contribution in [0.4, 0.5) is 5.69 Å². The Labute approximate surface area is 222 Å². The van der Waals surface area contributed by atoms with Gasteiger partial charge in [0.2, 0.25) is 6.10 Å². The van der Waals surface area contributed by atoms with Gasteiger partial charge in [0.1, 0.15) is 0 Å². The number of esters is 1. The number of carbonyl (C=O) groups is 2. The Morgan fingerprint density at radius 2 is 1.37 bits per heavy atom. The lowest BCUT2D eigenvalue weighted by Crippen LogP contribution is -2.26. The Bertz CT molecular complexity index is 1610. The van der Waals surface area contributed by atoms with Gasteiger partial charge >= 0.3 is 5.97 Å². The molecular weight excluding hydrogens is 472 g/mol. The third-order valence-electron chi connectivity index (χ3n) is 6.44. The normalized spacial score (nSPS) is 11.7. The van der Waals surface area contributed by atoms with Gasteiger partial charge in [-0.15, -0.1) is 0 Å². The zero-order valence-electron chi connectivity index (χ0n) is 21.6. The molecule has 0 saturated heterocycles. The van der Waals surface area contributed by atoms with E-state index in [2.05, 4.69) is 5.32 Å². The number of aromatic nitrogens is 1. The van der Waals surface area contributed by atoms with E-state index in [1.54, 1.807) is 12.1 Å². The zero-order valence-corrected chi connectivity index (χ0v) is 21.6. The SMILES string of the molecule is Cc1cc(C)cc(NC(=O)C(OC(=O)c2c(C)c(-c3ccccc3)nc3ccccc23)c2ccccc2)c1. The summed E-state index contributed by atoms with van der Waals surface area (Å²) in [4.78, 5) is 32.3. The number of carbonyl (C=O) groups excluding carboxylic acids is 2. The number of nitrogens with one attached hydrogen (secondary N) is 1. The lowest BCUT2D eigenvalue weighted by Gasteiger charge is -2.20. The molecular formula is C33H28N2O3. The molecule has 0 radical (unpaired) electrons. The smallest absolute Gasteiger partial charge is 0.340 e. The van der Waals surface area contributed by atoms with Crippen molar-refractivity contribution in [1.82, 2.24) is 4.98 Å². The fourth-order valence-electron chi connectivity index (χ4n) is 4.77. The van der Waals surface area contributed by atoms with Gasteiger partial charge in [-0.05, 0) is 55.7 Å². The number of pyridine rings is 1. The molecule has 0 aliphatic rings. The first-order valence-corrected chi connectivity index (χ1v) is 12.5. The number of para-hydroxylation sites is 1. The molecule has 0 saturated carbocycles. The molecule has 5 nitrogen and oxygen atoms in total. The average Bonchev–Trinajstić information content (AvgIpc) is 2.91. The number of nitrogens with zero attached hydrogens (tertiary/aromatic N) is 1. The van der Waals surface area contributed by atoms with E-state index in [4.69, 9.17) is 9.72 Å². The van der Waals surface area contributed by atoms with Crippen LogP contribution in [0.15, 0.2) is 103 Å². The first-order valence-electron chi connectivity index (χ1n) is 12.5. The third-order valence-corrected chi connectivity index (χ3v) is 6.44. The van der Waals surface area contributed by atoms with Crippen molar-refractivity contribution in [3.05, 3.63) is 131 Å². The summed E-state index contributed by atoms with van der Waals surface area (Å²) in [6.45, 7) is 5.81. The molecule has 0 fully saturated rings. The Kier molecular flexibility index (Phi) is 7.00. The van der Waals surface area contributed by atoms with Crippen molar-refractivity contribution in [2.24, 2.45) is 0 Å². The third kappa shape index (κ3) is 5.18. The molecule has 1 unspecified atom stereocenters. The van der Waals surface area contributed by atoms with E-state index in [1.165, 1.54) is 0 Å². The molecule has 0 spiro atoms. The molecule has 1 N–H and O–H groups in total. The molecule has 0 aliphatic heterocycles. The second kappa shape index (κ2) is 10.7. The van der Waals surface area contributed by atoms with Crippen LogP contribution in [0.2, 0.25) is 0 Å². The van der Waals surface area contributed by atoms with Crippen LogP contribution in [0.3, 0.4) is 0 Å². The number of rotatable bonds is 6. The summed E-state index contributed by atoms with van der Waals surface area (Å²) in [5.74, 6) is -1.00. The van der Waals surface area contributed by atoms with Crippen LogP contribution >= 0.6 is 0 Å². The number of aryl methyl sites for hydroxylation is 2. The minimum Gasteiger partial charge on any atom is -0.444 e. The molecule has 38 heavy (non-hydrogen) atoms. The number of hydrogen-bond donors (Lipinski definition) is 1. The van der Waals surface area contributed by atoms with Gasteiger partial charge in [0.25, 0.3) is 5.91 Å². The van der Waals surface area contributed by atoms with Crippen molar-refractivity contribution in [3.8, 4) is 11.3 Å². The summed E-state index contributed by atoms with van der Waals surface area (Å²) in [5, 5.41) is 3.62. The number of amides is 1. The summed E-state index contributed by atoms with van der Waals surface area (Å²) >= 11 is 0. The van der Waals surface area contributed by atoms with Crippen LogP contribution in [-0.4, -0.2) is 16.9 Å². The first kappa shape index (κ1) is 24.9. The van der Waals surface area contributed by atoms with Gasteiger partial charge in [-0.3, -0.25) is 4.79 Å². The van der Waals surface area contributed by atoms with E-state index in [0.29, 0.717) is 39.0 Å². The van der Waals surface area contributed by atoms with Crippen LogP contribution in [0.25, 0.3) is 22.2 Å². The fraction of sp³-hybridized carbons (Fsp3) is 0.121. The van der Waals surface area contributed by atoms with E-state index >= 15 is 0 Å². The Balaban J connectivity index is 1.56. The Morgan fingerprint density at radius 3 is 2.05 bits per heavy atom. The molecule has 1 heterocycles. The summed E-state index contributed by atoms with van der Waals surface area (Å²) in [7, 11) is 0. The number of fused-ring (bicyclic) bond motifs is 1. The van der Waals surface area contributed by atoms with E-state index < -0.39 is 18.0 Å². The van der Waals surface area contributed by atoms with E-state index in [9.17, 15) is 9.59 Å².